The van der Waals surface area contributed by atoms with E-state index < -0.39 is 0 Å². The van der Waals surface area contributed by atoms with Crippen LogP contribution < -0.4 is 14.4 Å². The number of hydrogen-bond acceptors (Lipinski definition) is 5. The van der Waals surface area contributed by atoms with Gasteiger partial charge in [0.2, 0.25) is 0 Å². The molecule has 0 radical (unpaired) electrons. The molecule has 3 aromatic carbocycles. The third-order valence-electron chi connectivity index (χ3n) is 7.90. The fraction of sp³-hybridized carbons (Fsp3) is 0.455. The van der Waals surface area contributed by atoms with E-state index in [-0.39, 0.29) is 0 Å². The molecule has 1 N–H and O–H groups in total. The van der Waals surface area contributed by atoms with Crippen LogP contribution in [0.25, 0.3) is 0 Å². The van der Waals surface area contributed by atoms with Crippen molar-refractivity contribution in [2.75, 3.05) is 45.8 Å². The van der Waals surface area contributed by atoms with Crippen LogP contribution in [0.5, 0.6) is 17.2 Å². The van der Waals surface area contributed by atoms with Gasteiger partial charge in [0, 0.05) is 31.4 Å². The highest BCUT2D eigenvalue weighted by Gasteiger charge is 2.26. The number of anilines is 1. The van der Waals surface area contributed by atoms with Crippen molar-refractivity contribution in [2.24, 2.45) is 0 Å². The van der Waals surface area contributed by atoms with E-state index in [0.717, 1.165) is 63.4 Å². The summed E-state index contributed by atoms with van der Waals surface area (Å²) in [6.45, 7) is 8.42. The summed E-state index contributed by atoms with van der Waals surface area (Å²) in [4.78, 5) is 4.85. The summed E-state index contributed by atoms with van der Waals surface area (Å²) in [5, 5.41) is 9.94. The Morgan fingerprint density at radius 2 is 1.58 bits per heavy atom. The molecule has 0 aromatic heterocycles. The van der Waals surface area contributed by atoms with Crippen molar-refractivity contribution in [3.63, 3.8) is 0 Å². The fourth-order valence-corrected chi connectivity index (χ4v) is 5.70. The van der Waals surface area contributed by atoms with Crippen LogP contribution in [0.2, 0.25) is 0 Å². The molecule has 5 heteroatoms. The second-order valence-electron chi connectivity index (χ2n) is 10.5. The summed E-state index contributed by atoms with van der Waals surface area (Å²) in [5.74, 6) is 2.26. The highest BCUT2D eigenvalue weighted by atomic mass is 16.5. The van der Waals surface area contributed by atoms with Crippen molar-refractivity contribution < 1.29 is 14.6 Å². The van der Waals surface area contributed by atoms with Gasteiger partial charge >= 0.3 is 0 Å². The molecule has 0 unspecified atom stereocenters. The highest BCUT2D eigenvalue weighted by Crippen LogP contribution is 2.43. The largest absolute Gasteiger partial charge is 0.508 e. The molecule has 0 amide bonds. The third-order valence-corrected chi connectivity index (χ3v) is 7.90. The molecule has 0 saturated carbocycles. The lowest BCUT2D eigenvalue weighted by atomic mass is 9.79. The van der Waals surface area contributed by atoms with Crippen molar-refractivity contribution in [1.29, 1.82) is 0 Å². The summed E-state index contributed by atoms with van der Waals surface area (Å²) in [5.41, 5.74) is 7.79. The first-order chi connectivity index (χ1) is 18.4. The van der Waals surface area contributed by atoms with Crippen molar-refractivity contribution in [3.05, 3.63) is 82.4 Å². The Kier molecular flexibility index (Phi) is 9.57. The molecule has 0 spiro atoms. The van der Waals surface area contributed by atoms with Gasteiger partial charge in [-0.2, -0.15) is 0 Å². The molecular weight excluding hydrogens is 472 g/mol. The zero-order valence-corrected chi connectivity index (χ0v) is 23.8. The van der Waals surface area contributed by atoms with Gasteiger partial charge in [-0.25, -0.2) is 0 Å². The molecule has 5 nitrogen and oxygen atoms in total. The number of aryl methyl sites for hydroxylation is 1. The minimum atomic E-state index is 0.352. The van der Waals surface area contributed by atoms with Gasteiger partial charge in [-0.3, -0.25) is 0 Å². The summed E-state index contributed by atoms with van der Waals surface area (Å²) in [6, 6.07) is 19.3. The predicted molar refractivity (Wildman–Crippen MR) is 157 cm³/mol. The SMILES string of the molecule is CCCN(C)CCc1ccc(CN(CC)c2cc(OC)c(OC)cc2[C@@H]2CCc3cc(O)ccc3C2)cc1. The van der Waals surface area contributed by atoms with Crippen LogP contribution in [0.3, 0.4) is 0 Å². The zero-order chi connectivity index (χ0) is 27.1. The van der Waals surface area contributed by atoms with Gasteiger partial charge in [0.1, 0.15) is 5.75 Å². The number of rotatable bonds is 12. The van der Waals surface area contributed by atoms with Crippen molar-refractivity contribution in [3.8, 4) is 17.2 Å². The van der Waals surface area contributed by atoms with Gasteiger partial charge in [-0.15, -0.1) is 0 Å². The molecule has 0 saturated heterocycles. The molecule has 0 heterocycles. The van der Waals surface area contributed by atoms with Gasteiger partial charge in [0.25, 0.3) is 0 Å². The quantitative estimate of drug-likeness (QED) is 0.294. The second kappa shape index (κ2) is 13.1. The van der Waals surface area contributed by atoms with E-state index in [0.29, 0.717) is 11.7 Å². The standard InChI is InChI=1S/C33H44N2O3/c1-6-17-34(3)18-16-24-8-10-25(11-9-24)23-35(7-2)31-22-33(38-5)32(37-4)21-30(31)28-13-12-27-20-29(36)15-14-26(27)19-28/h8-11,14-15,20-22,28,36H,6-7,12-13,16-19,23H2,1-5H3/t28-/m1/s1. The highest BCUT2D eigenvalue weighted by molar-refractivity contribution is 5.64. The lowest BCUT2D eigenvalue weighted by molar-refractivity contribution is 0.339. The number of nitrogens with zero attached hydrogens (tertiary/aromatic N) is 2. The van der Waals surface area contributed by atoms with Crippen LogP contribution in [0.15, 0.2) is 54.6 Å². The van der Waals surface area contributed by atoms with E-state index in [2.05, 4.69) is 73.2 Å². The number of methoxy groups -OCH3 is 2. The van der Waals surface area contributed by atoms with Gasteiger partial charge in [0.05, 0.1) is 14.2 Å². The number of ether oxygens (including phenoxy) is 2. The number of likely N-dealkylation sites (N-methyl/N-ethyl adjacent to an activating group) is 1. The van der Waals surface area contributed by atoms with Crippen LogP contribution in [-0.4, -0.2) is 50.9 Å². The predicted octanol–water partition coefficient (Wildman–Crippen LogP) is 6.59. The van der Waals surface area contributed by atoms with Crippen molar-refractivity contribution in [1.82, 2.24) is 4.90 Å². The first-order valence-electron chi connectivity index (χ1n) is 14.0. The second-order valence-corrected chi connectivity index (χ2v) is 10.5. The Bertz CT molecular complexity index is 1190. The van der Waals surface area contributed by atoms with E-state index >= 15 is 0 Å². The molecule has 1 atom stereocenters. The summed E-state index contributed by atoms with van der Waals surface area (Å²) in [6.07, 6.45) is 5.23. The molecule has 204 valence electrons. The Balaban J connectivity index is 1.58. The number of hydrogen-bond donors (Lipinski definition) is 1. The summed E-state index contributed by atoms with van der Waals surface area (Å²) >= 11 is 0. The van der Waals surface area contributed by atoms with E-state index in [9.17, 15) is 5.11 Å². The van der Waals surface area contributed by atoms with Crippen LogP contribution >= 0.6 is 0 Å². The molecule has 38 heavy (non-hydrogen) atoms. The molecule has 1 aliphatic carbocycles. The number of fused-ring (bicyclic) bond motifs is 1. The van der Waals surface area contributed by atoms with E-state index in [1.807, 2.05) is 6.07 Å². The van der Waals surface area contributed by atoms with Crippen LogP contribution in [-0.2, 0) is 25.8 Å². The number of aromatic hydroxyl groups is 1. The van der Waals surface area contributed by atoms with Gasteiger partial charge in [-0.1, -0.05) is 37.3 Å². The molecule has 4 rings (SSSR count). The topological polar surface area (TPSA) is 45.2 Å². The molecule has 1 aliphatic rings. The fourth-order valence-electron chi connectivity index (χ4n) is 5.70. The van der Waals surface area contributed by atoms with Crippen LogP contribution in [0.4, 0.5) is 5.69 Å². The normalized spacial score (nSPS) is 14.8. The number of phenols is 1. The summed E-state index contributed by atoms with van der Waals surface area (Å²) < 4.78 is 11.5. The summed E-state index contributed by atoms with van der Waals surface area (Å²) in [7, 11) is 5.61. The third kappa shape index (κ3) is 6.63. The average Bonchev–Trinajstić information content (AvgIpc) is 2.94. The van der Waals surface area contributed by atoms with E-state index in [1.54, 1.807) is 20.3 Å². The van der Waals surface area contributed by atoms with Crippen LogP contribution in [0.1, 0.15) is 60.4 Å². The van der Waals surface area contributed by atoms with Gasteiger partial charge < -0.3 is 24.4 Å². The Hall–Kier alpha value is -3.18. The Morgan fingerprint density at radius 1 is 0.868 bits per heavy atom. The first kappa shape index (κ1) is 27.8. The minimum absolute atomic E-state index is 0.352. The monoisotopic (exact) mass is 516 g/mol. The smallest absolute Gasteiger partial charge is 0.162 e. The average molecular weight is 517 g/mol. The van der Waals surface area contributed by atoms with Crippen molar-refractivity contribution in [2.45, 2.75) is 58.4 Å². The zero-order valence-electron chi connectivity index (χ0n) is 23.8. The molecular formula is C33H44N2O3. The molecule has 3 aromatic rings. The van der Waals surface area contributed by atoms with E-state index in [4.69, 9.17) is 9.47 Å². The maximum atomic E-state index is 9.94. The molecule has 0 aliphatic heterocycles. The van der Waals surface area contributed by atoms with Crippen molar-refractivity contribution >= 4 is 5.69 Å². The Morgan fingerprint density at radius 3 is 2.26 bits per heavy atom. The maximum absolute atomic E-state index is 9.94. The minimum Gasteiger partial charge on any atom is -0.508 e. The molecule has 0 fully saturated rings. The van der Waals surface area contributed by atoms with Gasteiger partial charge in [0.15, 0.2) is 11.5 Å². The van der Waals surface area contributed by atoms with Crippen LogP contribution in [0, 0.1) is 0 Å². The number of benzene rings is 3. The first-order valence-corrected chi connectivity index (χ1v) is 14.0. The lowest BCUT2D eigenvalue weighted by Gasteiger charge is -2.32. The number of phenolic OH excluding ortho intramolecular Hbond substituents is 1. The Labute approximate surface area is 229 Å². The molecule has 0 bridgehead atoms. The van der Waals surface area contributed by atoms with E-state index in [1.165, 1.54) is 39.9 Å². The van der Waals surface area contributed by atoms with Gasteiger partial charge in [-0.05, 0) is 105 Å². The lowest BCUT2D eigenvalue weighted by Crippen LogP contribution is -2.25. The maximum Gasteiger partial charge on any atom is 0.162 e.